The molecule has 0 unspecified atom stereocenters. The summed E-state index contributed by atoms with van der Waals surface area (Å²) in [6.45, 7) is 1.94. The van der Waals surface area contributed by atoms with Gasteiger partial charge in [-0.15, -0.1) is 0 Å². The van der Waals surface area contributed by atoms with Crippen LogP contribution in [0.1, 0.15) is 11.1 Å². The van der Waals surface area contributed by atoms with Crippen molar-refractivity contribution in [1.82, 2.24) is 0 Å². The third kappa shape index (κ3) is 2.77. The van der Waals surface area contributed by atoms with Crippen LogP contribution in [-0.4, -0.2) is 5.91 Å². The molecule has 1 aromatic carbocycles. The van der Waals surface area contributed by atoms with E-state index < -0.39 is 5.91 Å². The molecule has 0 saturated heterocycles. The normalized spacial score (nSPS) is 9.79. The molecule has 0 saturated carbocycles. The van der Waals surface area contributed by atoms with E-state index in [2.05, 4.69) is 10.0 Å². The highest BCUT2D eigenvalue weighted by molar-refractivity contribution is 5.92. The van der Waals surface area contributed by atoms with Crippen LogP contribution in [0.25, 0.3) is 16.5 Å². The number of carbonyl (C=O) groups excluding carboxylic acids is 1. The van der Waals surface area contributed by atoms with Gasteiger partial charge in [0.15, 0.2) is 0 Å². The average Bonchev–Trinajstić information content (AvgIpc) is 2.17. The Labute approximate surface area is 81.5 Å². The highest BCUT2D eigenvalue weighted by atomic mass is 18.1. The molecular formula is C10H9N3O. The van der Waals surface area contributed by atoms with Crippen LogP contribution in [0.2, 0.25) is 0 Å². The Balaban J connectivity index is 2.83. The van der Waals surface area contributed by atoms with Gasteiger partial charge >= 0.3 is 0 Å². The lowest BCUT2D eigenvalue weighted by Gasteiger charge is -1.96. The molecule has 0 N–H and O–H groups in total. The molecule has 0 atom stereocenters. The Bertz CT molecular complexity index is 417. The van der Waals surface area contributed by atoms with Crippen LogP contribution in [0, 0.1) is 6.92 Å². The summed E-state index contributed by atoms with van der Waals surface area (Å²) in [5.41, 5.74) is 10.00. The maximum absolute atomic E-state index is 10.8. The standard InChI is InChI=1S/C10H9N3O/c1-8-4-2-3-5-9(8)6-7-10(14)12-13-11/h2-7H,1H3/b7-6+/i14+2. The third-order valence-corrected chi connectivity index (χ3v) is 1.74. The second-order valence-corrected chi connectivity index (χ2v) is 2.72. The van der Waals surface area contributed by atoms with E-state index in [0.29, 0.717) is 0 Å². The molecule has 0 aliphatic heterocycles. The van der Waals surface area contributed by atoms with Gasteiger partial charge in [-0.05, 0) is 34.8 Å². The number of benzene rings is 1. The third-order valence-electron chi connectivity index (χ3n) is 1.74. The summed E-state index contributed by atoms with van der Waals surface area (Å²) < 4.78 is 0. The number of azide groups is 1. The van der Waals surface area contributed by atoms with E-state index >= 15 is 0 Å². The van der Waals surface area contributed by atoms with Gasteiger partial charge in [0.2, 0.25) is 5.91 Å². The molecule has 0 bridgehead atoms. The average molecular weight is 189 g/mol. The number of amides is 1. The van der Waals surface area contributed by atoms with E-state index in [0.717, 1.165) is 11.1 Å². The van der Waals surface area contributed by atoms with Crippen molar-refractivity contribution in [3.05, 3.63) is 51.9 Å². The first-order chi connectivity index (χ1) is 6.74. The molecule has 4 nitrogen and oxygen atoms in total. The van der Waals surface area contributed by atoms with Crippen LogP contribution in [0.3, 0.4) is 0 Å². The number of hydrogen-bond acceptors (Lipinski definition) is 1. The van der Waals surface area contributed by atoms with Gasteiger partial charge in [-0.25, -0.2) is 0 Å². The minimum absolute atomic E-state index is 0.587. The molecule has 0 aromatic heterocycles. The van der Waals surface area contributed by atoms with E-state index in [-0.39, 0.29) is 0 Å². The number of carbonyl (C=O) groups is 1. The largest absolute Gasteiger partial charge is 0.288 e. The van der Waals surface area contributed by atoms with E-state index in [1.165, 1.54) is 6.08 Å². The van der Waals surface area contributed by atoms with Crippen LogP contribution in [0.15, 0.2) is 35.5 Å². The van der Waals surface area contributed by atoms with Crippen LogP contribution in [0.4, 0.5) is 0 Å². The lowest BCUT2D eigenvalue weighted by molar-refractivity contribution is -0.113. The molecule has 0 aliphatic rings. The zero-order valence-electron chi connectivity index (χ0n) is 7.71. The second-order valence-electron chi connectivity index (χ2n) is 2.72. The Morgan fingerprint density at radius 3 is 2.86 bits per heavy atom. The highest BCUT2D eigenvalue weighted by Gasteiger charge is 1.92. The predicted molar refractivity (Wildman–Crippen MR) is 54.4 cm³/mol. The monoisotopic (exact) mass is 189 g/mol. The fraction of sp³-hybridized carbons (Fsp3) is 0.100. The van der Waals surface area contributed by atoms with Gasteiger partial charge in [0.25, 0.3) is 0 Å². The molecule has 1 aromatic rings. The van der Waals surface area contributed by atoms with Crippen LogP contribution < -0.4 is 0 Å². The molecule has 0 radical (unpaired) electrons. The fourth-order valence-corrected chi connectivity index (χ4v) is 1.01. The quantitative estimate of drug-likeness (QED) is 0.232. The smallest absolute Gasteiger partial charge is 0.242 e. The molecule has 4 heteroatoms. The van der Waals surface area contributed by atoms with Crippen molar-refractivity contribution in [3.8, 4) is 0 Å². The lowest BCUT2D eigenvalue weighted by atomic mass is 10.1. The summed E-state index contributed by atoms with van der Waals surface area (Å²) >= 11 is 0. The Kier molecular flexibility index (Phi) is 3.47. The Hall–Kier alpha value is -2.06. The first-order valence-electron chi connectivity index (χ1n) is 4.07. The molecule has 1 rings (SSSR count). The van der Waals surface area contributed by atoms with Crippen molar-refractivity contribution in [2.45, 2.75) is 6.92 Å². The fourth-order valence-electron chi connectivity index (χ4n) is 1.01. The molecule has 1 amide bonds. The van der Waals surface area contributed by atoms with Crippen LogP contribution in [0.5, 0.6) is 0 Å². The first kappa shape index (κ1) is 10.0. The molecule has 14 heavy (non-hydrogen) atoms. The minimum Gasteiger partial charge on any atom is -0.288 e. The van der Waals surface area contributed by atoms with Crippen molar-refractivity contribution < 1.29 is 4.79 Å². The van der Waals surface area contributed by atoms with Gasteiger partial charge in [0.1, 0.15) is 0 Å². The summed E-state index contributed by atoms with van der Waals surface area (Å²) in [4.78, 5) is 13.2. The van der Waals surface area contributed by atoms with Crippen molar-refractivity contribution >= 4 is 12.0 Å². The van der Waals surface area contributed by atoms with Gasteiger partial charge in [0, 0.05) is 4.91 Å². The van der Waals surface area contributed by atoms with Gasteiger partial charge in [-0.1, -0.05) is 30.3 Å². The molecule has 70 valence electrons. The maximum atomic E-state index is 10.8. The topological polar surface area (TPSA) is 65.8 Å². The number of rotatable bonds is 2. The molecule has 0 aliphatic carbocycles. The molecular weight excluding hydrogens is 180 g/mol. The summed E-state index contributed by atoms with van der Waals surface area (Å²) in [6.07, 6.45) is 2.88. The maximum Gasteiger partial charge on any atom is 0.242 e. The van der Waals surface area contributed by atoms with Gasteiger partial charge in [-0.3, -0.25) is 4.79 Å². The summed E-state index contributed by atoms with van der Waals surface area (Å²) in [5.74, 6) is -0.587. The molecule has 0 spiro atoms. The van der Waals surface area contributed by atoms with Crippen molar-refractivity contribution in [2.75, 3.05) is 0 Å². The predicted octanol–water partition coefficient (Wildman–Crippen LogP) is 2.85. The number of aryl methyl sites for hydroxylation is 1. The zero-order valence-corrected chi connectivity index (χ0v) is 7.71. The SMILES string of the molecule is Cc1ccccc1/C=C/C(=[18O])N=[N+]=[N-]. The Morgan fingerprint density at radius 1 is 1.50 bits per heavy atom. The number of hydrogen-bond donors (Lipinski definition) is 0. The van der Waals surface area contributed by atoms with Gasteiger partial charge < -0.3 is 0 Å². The van der Waals surface area contributed by atoms with Crippen molar-refractivity contribution in [1.29, 1.82) is 0 Å². The summed E-state index contributed by atoms with van der Waals surface area (Å²) in [6, 6.07) is 7.62. The van der Waals surface area contributed by atoms with Crippen LogP contribution >= 0.6 is 0 Å². The minimum atomic E-state index is -0.587. The van der Waals surface area contributed by atoms with E-state index in [1.54, 1.807) is 6.08 Å². The zero-order chi connectivity index (χ0) is 10.4. The van der Waals surface area contributed by atoms with E-state index in [9.17, 15) is 4.79 Å². The second kappa shape index (κ2) is 4.84. The highest BCUT2D eigenvalue weighted by Crippen LogP contribution is 2.08. The van der Waals surface area contributed by atoms with Crippen LogP contribution in [-0.2, 0) is 4.79 Å². The first-order valence-corrected chi connectivity index (χ1v) is 4.07. The Morgan fingerprint density at radius 2 is 2.21 bits per heavy atom. The lowest BCUT2D eigenvalue weighted by Crippen LogP contribution is -1.84. The van der Waals surface area contributed by atoms with E-state index in [4.69, 9.17) is 5.53 Å². The van der Waals surface area contributed by atoms with Gasteiger partial charge in [0.05, 0.1) is 0 Å². The van der Waals surface area contributed by atoms with Crippen molar-refractivity contribution in [3.63, 3.8) is 0 Å². The summed E-state index contributed by atoms with van der Waals surface area (Å²) in [5, 5.41) is 2.92. The van der Waals surface area contributed by atoms with Gasteiger partial charge in [-0.2, -0.15) is 0 Å². The summed E-state index contributed by atoms with van der Waals surface area (Å²) in [7, 11) is 0. The number of nitrogens with zero attached hydrogens (tertiary/aromatic N) is 3. The molecule has 0 fully saturated rings. The molecule has 0 heterocycles. The van der Waals surface area contributed by atoms with E-state index in [1.807, 2.05) is 31.2 Å². The van der Waals surface area contributed by atoms with Crippen molar-refractivity contribution in [2.24, 2.45) is 5.11 Å².